The van der Waals surface area contributed by atoms with Crippen LogP contribution in [-0.2, 0) is 17.9 Å². The van der Waals surface area contributed by atoms with Crippen LogP contribution in [0.5, 0.6) is 0 Å². The lowest BCUT2D eigenvalue weighted by Gasteiger charge is -2.09. The fourth-order valence-corrected chi connectivity index (χ4v) is 4.07. The van der Waals surface area contributed by atoms with Gasteiger partial charge in [0.1, 0.15) is 0 Å². The Hall–Kier alpha value is -2.36. The number of aryl methyl sites for hydroxylation is 1. The molecule has 0 saturated carbocycles. The van der Waals surface area contributed by atoms with Gasteiger partial charge in [0.05, 0.1) is 17.3 Å². The van der Waals surface area contributed by atoms with E-state index in [4.69, 9.17) is 11.6 Å². The van der Waals surface area contributed by atoms with Crippen molar-refractivity contribution in [1.29, 1.82) is 0 Å². The zero-order valence-electron chi connectivity index (χ0n) is 17.0. The van der Waals surface area contributed by atoms with Crippen LogP contribution in [0, 0.1) is 6.92 Å². The van der Waals surface area contributed by atoms with Crippen LogP contribution in [0.4, 0.5) is 5.69 Å². The number of thioether (sulfide) groups is 1. The number of halogens is 2. The number of carbonyl (C=O) groups excluding carboxylic acids is 2. The Morgan fingerprint density at radius 1 is 1.19 bits per heavy atom. The maximum absolute atomic E-state index is 12.4. The molecule has 10 heteroatoms. The first-order valence-electron chi connectivity index (χ1n) is 9.52. The molecule has 0 radical (unpaired) electrons. The SMILES string of the molecule is CCn1c(CNC(=O)c2cccc(C)c2)nnc1SCC(=O)Nc1ccc(Br)c(Cl)c1. The third-order valence-electron chi connectivity index (χ3n) is 4.33. The van der Waals surface area contributed by atoms with E-state index in [0.29, 0.717) is 33.8 Å². The number of anilines is 1. The van der Waals surface area contributed by atoms with Gasteiger partial charge < -0.3 is 15.2 Å². The number of nitrogens with one attached hydrogen (secondary N) is 2. The first kappa shape index (κ1) is 23.3. The maximum Gasteiger partial charge on any atom is 0.251 e. The quantitative estimate of drug-likeness (QED) is 0.419. The Bertz CT molecular complexity index is 1110. The zero-order chi connectivity index (χ0) is 22.4. The summed E-state index contributed by atoms with van der Waals surface area (Å²) in [5.74, 6) is 0.451. The van der Waals surface area contributed by atoms with Gasteiger partial charge in [0.2, 0.25) is 5.91 Å². The van der Waals surface area contributed by atoms with Crippen LogP contribution in [0.25, 0.3) is 0 Å². The summed E-state index contributed by atoms with van der Waals surface area (Å²) in [6.07, 6.45) is 0. The van der Waals surface area contributed by atoms with Crippen LogP contribution >= 0.6 is 39.3 Å². The van der Waals surface area contributed by atoms with Gasteiger partial charge >= 0.3 is 0 Å². The molecule has 0 bridgehead atoms. The minimum Gasteiger partial charge on any atom is -0.345 e. The predicted octanol–water partition coefficient (Wildman–Crippen LogP) is 4.68. The molecule has 162 valence electrons. The molecule has 3 rings (SSSR count). The van der Waals surface area contributed by atoms with Crippen molar-refractivity contribution in [3.8, 4) is 0 Å². The van der Waals surface area contributed by atoms with Crippen LogP contribution < -0.4 is 10.6 Å². The third-order valence-corrected chi connectivity index (χ3v) is 6.53. The molecule has 1 aromatic heterocycles. The molecule has 0 aliphatic carbocycles. The second-order valence-electron chi connectivity index (χ2n) is 6.66. The highest BCUT2D eigenvalue weighted by atomic mass is 79.9. The van der Waals surface area contributed by atoms with Gasteiger partial charge in [0.25, 0.3) is 5.91 Å². The summed E-state index contributed by atoms with van der Waals surface area (Å²) in [6.45, 7) is 4.77. The Morgan fingerprint density at radius 2 is 2.00 bits per heavy atom. The summed E-state index contributed by atoms with van der Waals surface area (Å²) in [6, 6.07) is 12.6. The van der Waals surface area contributed by atoms with Gasteiger partial charge in [-0.25, -0.2) is 0 Å². The minimum absolute atomic E-state index is 0.168. The molecule has 1 heterocycles. The third kappa shape index (κ3) is 6.32. The first-order valence-corrected chi connectivity index (χ1v) is 11.7. The summed E-state index contributed by atoms with van der Waals surface area (Å²) in [7, 11) is 0. The first-order chi connectivity index (χ1) is 14.9. The van der Waals surface area contributed by atoms with Gasteiger partial charge in [0, 0.05) is 22.3 Å². The number of benzene rings is 2. The smallest absolute Gasteiger partial charge is 0.251 e. The highest BCUT2D eigenvalue weighted by molar-refractivity contribution is 9.10. The summed E-state index contributed by atoms with van der Waals surface area (Å²) < 4.78 is 2.64. The molecule has 2 N–H and O–H groups in total. The minimum atomic E-state index is -0.177. The van der Waals surface area contributed by atoms with Crippen molar-refractivity contribution >= 4 is 56.8 Å². The van der Waals surface area contributed by atoms with E-state index in [1.165, 1.54) is 11.8 Å². The number of hydrogen-bond donors (Lipinski definition) is 2. The second kappa shape index (κ2) is 10.8. The molecule has 0 aliphatic rings. The highest BCUT2D eigenvalue weighted by Crippen LogP contribution is 2.26. The molecule has 3 aromatic rings. The van der Waals surface area contributed by atoms with E-state index in [1.54, 1.807) is 24.3 Å². The lowest BCUT2D eigenvalue weighted by Crippen LogP contribution is -2.25. The monoisotopic (exact) mass is 521 g/mol. The van der Waals surface area contributed by atoms with Crippen LogP contribution in [0.15, 0.2) is 52.1 Å². The largest absolute Gasteiger partial charge is 0.345 e. The maximum atomic E-state index is 12.4. The van der Waals surface area contributed by atoms with E-state index in [-0.39, 0.29) is 24.1 Å². The molecule has 0 saturated heterocycles. The van der Waals surface area contributed by atoms with Crippen LogP contribution in [0.3, 0.4) is 0 Å². The van der Waals surface area contributed by atoms with Crippen molar-refractivity contribution in [3.63, 3.8) is 0 Å². The van der Waals surface area contributed by atoms with Crippen LogP contribution in [-0.4, -0.2) is 32.3 Å². The number of aromatic nitrogens is 3. The van der Waals surface area contributed by atoms with Crippen molar-refractivity contribution in [1.82, 2.24) is 20.1 Å². The normalized spacial score (nSPS) is 10.7. The summed E-state index contributed by atoms with van der Waals surface area (Å²) in [5.41, 5.74) is 2.24. The molecular weight excluding hydrogens is 502 g/mol. The number of amides is 2. The van der Waals surface area contributed by atoms with Gasteiger partial charge in [-0.15, -0.1) is 10.2 Å². The van der Waals surface area contributed by atoms with Gasteiger partial charge in [-0.2, -0.15) is 0 Å². The average Bonchev–Trinajstić information content (AvgIpc) is 3.15. The Labute approximate surface area is 198 Å². The predicted molar refractivity (Wildman–Crippen MR) is 127 cm³/mol. The van der Waals surface area contributed by atoms with Crippen molar-refractivity contribution in [2.45, 2.75) is 32.1 Å². The molecule has 7 nitrogen and oxygen atoms in total. The standard InChI is InChI=1S/C21H21BrClN5O2S/c1-3-28-18(11-24-20(30)14-6-4-5-13(2)9-14)26-27-21(28)31-12-19(29)25-15-7-8-16(22)17(23)10-15/h4-10H,3,11-12H2,1-2H3,(H,24,30)(H,25,29). The Kier molecular flexibility index (Phi) is 8.11. The fourth-order valence-electron chi connectivity index (χ4n) is 2.82. The molecule has 2 aromatic carbocycles. The van der Waals surface area contributed by atoms with Gasteiger partial charge in [0.15, 0.2) is 11.0 Å². The average molecular weight is 523 g/mol. The molecule has 2 amide bonds. The highest BCUT2D eigenvalue weighted by Gasteiger charge is 2.15. The summed E-state index contributed by atoms with van der Waals surface area (Å²) in [4.78, 5) is 24.7. The molecule has 0 fully saturated rings. The Balaban J connectivity index is 1.57. The lowest BCUT2D eigenvalue weighted by atomic mass is 10.1. The van der Waals surface area contributed by atoms with Crippen molar-refractivity contribution in [3.05, 3.63) is 68.9 Å². The van der Waals surface area contributed by atoms with E-state index in [2.05, 4.69) is 36.8 Å². The van der Waals surface area contributed by atoms with Crippen molar-refractivity contribution < 1.29 is 9.59 Å². The molecular formula is C21H21BrClN5O2S. The van der Waals surface area contributed by atoms with E-state index in [0.717, 1.165) is 10.0 Å². The number of hydrogen-bond acceptors (Lipinski definition) is 5. The van der Waals surface area contributed by atoms with Crippen molar-refractivity contribution in [2.75, 3.05) is 11.1 Å². The molecule has 0 aliphatic heterocycles. The molecule has 0 unspecified atom stereocenters. The van der Waals surface area contributed by atoms with Crippen molar-refractivity contribution in [2.24, 2.45) is 0 Å². The number of rotatable bonds is 8. The summed E-state index contributed by atoms with van der Waals surface area (Å²) in [5, 5.41) is 15.2. The molecule has 0 spiro atoms. The molecule has 31 heavy (non-hydrogen) atoms. The topological polar surface area (TPSA) is 88.9 Å². The van der Waals surface area contributed by atoms with Crippen LogP contribution in [0.1, 0.15) is 28.7 Å². The summed E-state index contributed by atoms with van der Waals surface area (Å²) >= 11 is 10.7. The second-order valence-corrected chi connectivity index (χ2v) is 8.86. The van der Waals surface area contributed by atoms with E-state index < -0.39 is 0 Å². The zero-order valence-corrected chi connectivity index (χ0v) is 20.1. The van der Waals surface area contributed by atoms with E-state index in [9.17, 15) is 9.59 Å². The van der Waals surface area contributed by atoms with Gasteiger partial charge in [-0.3, -0.25) is 9.59 Å². The molecule has 0 atom stereocenters. The lowest BCUT2D eigenvalue weighted by molar-refractivity contribution is -0.113. The number of carbonyl (C=O) groups is 2. The Morgan fingerprint density at radius 3 is 2.71 bits per heavy atom. The van der Waals surface area contributed by atoms with Gasteiger partial charge in [-0.1, -0.05) is 41.1 Å². The van der Waals surface area contributed by atoms with E-state index >= 15 is 0 Å². The fraction of sp³-hybridized carbons (Fsp3) is 0.238. The van der Waals surface area contributed by atoms with Gasteiger partial charge in [-0.05, 0) is 60.1 Å². The van der Waals surface area contributed by atoms with E-state index in [1.807, 2.05) is 36.6 Å². The van der Waals surface area contributed by atoms with Crippen LogP contribution in [0.2, 0.25) is 5.02 Å². The number of nitrogens with zero attached hydrogens (tertiary/aromatic N) is 3.